The van der Waals surface area contributed by atoms with Crippen LogP contribution in [0.5, 0.6) is 0 Å². The average molecular weight is 198 g/mol. The minimum atomic E-state index is 1.10. The molecule has 0 unspecified atom stereocenters. The first-order chi connectivity index (χ1) is 6.36. The lowest BCUT2D eigenvalue weighted by molar-refractivity contribution is 0.729. The highest BCUT2D eigenvalue weighted by molar-refractivity contribution is 7.11. The Kier molecular flexibility index (Phi) is 5.01. The van der Waals surface area contributed by atoms with E-state index < -0.39 is 0 Å². The van der Waals surface area contributed by atoms with Gasteiger partial charge in [-0.2, -0.15) is 0 Å². The standard InChI is InChI=1S/C10H18N2S/c1-3-5-10-12-8-9(13-10)6-4-7-11-2/h8,11H,3-7H2,1-2H3. The van der Waals surface area contributed by atoms with Gasteiger partial charge in [0.25, 0.3) is 0 Å². The third kappa shape index (κ3) is 3.87. The molecule has 0 spiro atoms. The maximum Gasteiger partial charge on any atom is 0.0927 e. The lowest BCUT2D eigenvalue weighted by Crippen LogP contribution is -2.07. The van der Waals surface area contributed by atoms with Crippen molar-refractivity contribution >= 4 is 11.3 Å². The Hall–Kier alpha value is -0.410. The van der Waals surface area contributed by atoms with Gasteiger partial charge in [-0.05, 0) is 39.3 Å². The molecule has 0 aliphatic carbocycles. The molecule has 0 saturated heterocycles. The van der Waals surface area contributed by atoms with Gasteiger partial charge in [0.05, 0.1) is 5.01 Å². The summed E-state index contributed by atoms with van der Waals surface area (Å²) in [6.45, 7) is 3.29. The molecule has 0 fully saturated rings. The van der Waals surface area contributed by atoms with E-state index in [1.165, 1.54) is 29.1 Å². The highest BCUT2D eigenvalue weighted by Gasteiger charge is 2.00. The Balaban J connectivity index is 2.31. The normalized spacial score (nSPS) is 10.6. The molecule has 0 atom stereocenters. The second-order valence-electron chi connectivity index (χ2n) is 3.18. The number of nitrogens with zero attached hydrogens (tertiary/aromatic N) is 1. The molecular formula is C10H18N2S. The van der Waals surface area contributed by atoms with Gasteiger partial charge >= 0.3 is 0 Å². The number of nitrogens with one attached hydrogen (secondary N) is 1. The van der Waals surface area contributed by atoms with Gasteiger partial charge in [-0.1, -0.05) is 6.92 Å². The van der Waals surface area contributed by atoms with Crippen molar-refractivity contribution in [2.45, 2.75) is 32.6 Å². The molecule has 2 nitrogen and oxygen atoms in total. The summed E-state index contributed by atoms with van der Waals surface area (Å²) in [6.07, 6.45) is 6.75. The average Bonchev–Trinajstić information content (AvgIpc) is 2.54. The minimum absolute atomic E-state index is 1.10. The van der Waals surface area contributed by atoms with Crippen LogP contribution in [0, 0.1) is 0 Å². The van der Waals surface area contributed by atoms with Gasteiger partial charge in [-0.3, -0.25) is 0 Å². The van der Waals surface area contributed by atoms with Crippen LogP contribution in [0.3, 0.4) is 0 Å². The molecule has 0 bridgehead atoms. The number of rotatable bonds is 6. The van der Waals surface area contributed by atoms with Crippen LogP contribution in [0.4, 0.5) is 0 Å². The SMILES string of the molecule is CCCc1ncc(CCCNC)s1. The van der Waals surface area contributed by atoms with Crippen LogP contribution in [-0.4, -0.2) is 18.6 Å². The number of aryl methyl sites for hydroxylation is 2. The van der Waals surface area contributed by atoms with Crippen molar-refractivity contribution in [1.82, 2.24) is 10.3 Å². The smallest absolute Gasteiger partial charge is 0.0927 e. The van der Waals surface area contributed by atoms with Gasteiger partial charge in [-0.25, -0.2) is 4.98 Å². The molecule has 1 N–H and O–H groups in total. The zero-order valence-electron chi connectivity index (χ0n) is 8.47. The van der Waals surface area contributed by atoms with E-state index in [9.17, 15) is 0 Å². The van der Waals surface area contributed by atoms with E-state index in [4.69, 9.17) is 0 Å². The highest BCUT2D eigenvalue weighted by atomic mass is 32.1. The molecule has 0 aliphatic heterocycles. The molecule has 0 aromatic carbocycles. The molecule has 0 saturated carbocycles. The summed E-state index contributed by atoms with van der Waals surface area (Å²) in [6, 6.07) is 0. The van der Waals surface area contributed by atoms with Gasteiger partial charge in [0.2, 0.25) is 0 Å². The van der Waals surface area contributed by atoms with Crippen molar-refractivity contribution in [3.63, 3.8) is 0 Å². The van der Waals surface area contributed by atoms with Crippen LogP contribution in [0.2, 0.25) is 0 Å². The van der Waals surface area contributed by atoms with E-state index in [1.54, 1.807) is 0 Å². The van der Waals surface area contributed by atoms with Gasteiger partial charge < -0.3 is 5.32 Å². The van der Waals surface area contributed by atoms with Crippen molar-refractivity contribution < 1.29 is 0 Å². The zero-order chi connectivity index (χ0) is 9.52. The predicted octanol–water partition coefficient (Wildman–Crippen LogP) is 2.25. The van der Waals surface area contributed by atoms with E-state index in [2.05, 4.69) is 17.2 Å². The summed E-state index contributed by atoms with van der Waals surface area (Å²) >= 11 is 1.87. The van der Waals surface area contributed by atoms with Crippen LogP contribution in [0.1, 0.15) is 29.7 Å². The lowest BCUT2D eigenvalue weighted by atomic mass is 10.3. The van der Waals surface area contributed by atoms with Crippen molar-refractivity contribution in [2.24, 2.45) is 0 Å². The topological polar surface area (TPSA) is 24.9 Å². The summed E-state index contributed by atoms with van der Waals surface area (Å²) in [4.78, 5) is 5.81. The molecule has 0 aliphatic rings. The maximum atomic E-state index is 4.38. The minimum Gasteiger partial charge on any atom is -0.320 e. The van der Waals surface area contributed by atoms with E-state index >= 15 is 0 Å². The molecule has 1 aromatic heterocycles. The second kappa shape index (κ2) is 6.11. The van der Waals surface area contributed by atoms with E-state index in [1.807, 2.05) is 24.6 Å². The maximum absolute atomic E-state index is 4.38. The number of aromatic nitrogens is 1. The summed E-state index contributed by atoms with van der Waals surface area (Å²) in [5.41, 5.74) is 0. The van der Waals surface area contributed by atoms with Crippen molar-refractivity contribution in [3.8, 4) is 0 Å². The van der Waals surface area contributed by atoms with Crippen LogP contribution in [-0.2, 0) is 12.8 Å². The van der Waals surface area contributed by atoms with E-state index in [-0.39, 0.29) is 0 Å². The van der Waals surface area contributed by atoms with Crippen LogP contribution < -0.4 is 5.32 Å². The van der Waals surface area contributed by atoms with Crippen LogP contribution in [0.15, 0.2) is 6.20 Å². The van der Waals surface area contributed by atoms with E-state index in [0.717, 1.165) is 13.0 Å². The third-order valence-corrected chi connectivity index (χ3v) is 3.03. The molecule has 74 valence electrons. The molecule has 1 aromatic rings. The Labute approximate surface area is 84.4 Å². The Bertz CT molecular complexity index is 233. The lowest BCUT2D eigenvalue weighted by Gasteiger charge is -1.95. The quantitative estimate of drug-likeness (QED) is 0.709. The molecule has 0 amide bonds. The predicted molar refractivity (Wildman–Crippen MR) is 58.4 cm³/mol. The first kappa shape index (κ1) is 10.7. The van der Waals surface area contributed by atoms with Crippen LogP contribution >= 0.6 is 11.3 Å². The molecule has 13 heavy (non-hydrogen) atoms. The fourth-order valence-electron chi connectivity index (χ4n) is 1.23. The number of hydrogen-bond donors (Lipinski definition) is 1. The molecule has 0 radical (unpaired) electrons. The van der Waals surface area contributed by atoms with Crippen molar-refractivity contribution in [1.29, 1.82) is 0 Å². The molecule has 3 heteroatoms. The fraction of sp³-hybridized carbons (Fsp3) is 0.700. The van der Waals surface area contributed by atoms with Crippen molar-refractivity contribution in [3.05, 3.63) is 16.1 Å². The largest absolute Gasteiger partial charge is 0.320 e. The van der Waals surface area contributed by atoms with Gasteiger partial charge in [0, 0.05) is 11.1 Å². The Morgan fingerprint density at radius 3 is 3.00 bits per heavy atom. The Morgan fingerprint density at radius 1 is 1.46 bits per heavy atom. The highest BCUT2D eigenvalue weighted by Crippen LogP contribution is 2.15. The molecule has 1 rings (SSSR count). The number of hydrogen-bond acceptors (Lipinski definition) is 3. The Morgan fingerprint density at radius 2 is 2.31 bits per heavy atom. The molecular weight excluding hydrogens is 180 g/mol. The summed E-state index contributed by atoms with van der Waals surface area (Å²) in [5, 5.41) is 4.45. The van der Waals surface area contributed by atoms with Crippen LogP contribution in [0.25, 0.3) is 0 Å². The summed E-state index contributed by atoms with van der Waals surface area (Å²) in [7, 11) is 2.00. The first-order valence-corrected chi connectivity index (χ1v) is 5.76. The summed E-state index contributed by atoms with van der Waals surface area (Å²) < 4.78 is 0. The second-order valence-corrected chi connectivity index (χ2v) is 4.38. The fourth-order valence-corrected chi connectivity index (χ4v) is 2.30. The van der Waals surface area contributed by atoms with Crippen molar-refractivity contribution in [2.75, 3.05) is 13.6 Å². The molecule has 1 heterocycles. The van der Waals surface area contributed by atoms with Gasteiger partial charge in [0.15, 0.2) is 0 Å². The summed E-state index contributed by atoms with van der Waals surface area (Å²) in [5.74, 6) is 0. The van der Waals surface area contributed by atoms with E-state index in [0.29, 0.717) is 0 Å². The zero-order valence-corrected chi connectivity index (χ0v) is 9.28. The van der Waals surface area contributed by atoms with Gasteiger partial charge in [-0.15, -0.1) is 11.3 Å². The monoisotopic (exact) mass is 198 g/mol. The first-order valence-electron chi connectivity index (χ1n) is 4.95. The number of thiazole rings is 1. The third-order valence-electron chi connectivity index (χ3n) is 1.92. The van der Waals surface area contributed by atoms with Gasteiger partial charge in [0.1, 0.15) is 0 Å².